The first-order valence-electron chi connectivity index (χ1n) is 10.5. The third-order valence-electron chi connectivity index (χ3n) is 4.75. The van der Waals surface area contributed by atoms with Crippen molar-refractivity contribution in [1.29, 1.82) is 0 Å². The lowest BCUT2D eigenvalue weighted by atomic mass is 10.1. The molecule has 0 radical (unpaired) electrons. The Morgan fingerprint density at radius 2 is 1.70 bits per heavy atom. The first-order chi connectivity index (χ1) is 16.0. The van der Waals surface area contributed by atoms with Crippen molar-refractivity contribution < 1.29 is 19.1 Å². The summed E-state index contributed by atoms with van der Waals surface area (Å²) in [6.45, 7) is 3.33. The number of carbonyl (C=O) groups is 2. The molecule has 0 spiro atoms. The molecule has 7 nitrogen and oxygen atoms in total. The molecule has 4 rings (SSSR count). The predicted octanol–water partition coefficient (Wildman–Crippen LogP) is 4.76. The van der Waals surface area contributed by atoms with Gasteiger partial charge in [0.05, 0.1) is 23.0 Å². The Kier molecular flexibility index (Phi) is 8.13. The van der Waals surface area contributed by atoms with E-state index in [1.807, 2.05) is 37.3 Å². The Hall–Kier alpha value is -4.20. The monoisotopic (exact) mass is 448 g/mol. The van der Waals surface area contributed by atoms with Crippen molar-refractivity contribution in [2.24, 2.45) is 0 Å². The highest BCUT2D eigenvalue weighted by molar-refractivity contribution is 6.02. The van der Waals surface area contributed by atoms with Gasteiger partial charge in [-0.1, -0.05) is 43.3 Å². The molecule has 0 saturated heterocycles. The molecule has 0 bridgehead atoms. The zero-order valence-electron chi connectivity index (χ0n) is 18.2. The molecule has 4 aromatic rings. The number of carboxylic acids is 1. The van der Waals surface area contributed by atoms with E-state index in [1.165, 1.54) is 24.4 Å². The highest BCUT2D eigenvalue weighted by Crippen LogP contribution is 2.21. The number of aromatic nitrogens is 2. The Labute approximate surface area is 190 Å². The van der Waals surface area contributed by atoms with Crippen molar-refractivity contribution in [2.45, 2.75) is 19.9 Å². The fourth-order valence-electron chi connectivity index (χ4n) is 3.10. The number of hydrogen-bond donors (Lipinski definition) is 3. The summed E-state index contributed by atoms with van der Waals surface area (Å²) < 4.78 is 14.5. The highest BCUT2D eigenvalue weighted by atomic mass is 19.1. The number of fused-ring (bicyclic) bond motifs is 1. The van der Waals surface area contributed by atoms with E-state index in [2.05, 4.69) is 15.7 Å². The smallest absolute Gasteiger partial charge is 0.336 e. The second kappa shape index (κ2) is 11.4. The molecule has 0 fully saturated rings. The molecule has 3 aromatic carbocycles. The summed E-state index contributed by atoms with van der Waals surface area (Å²) >= 11 is 0. The van der Waals surface area contributed by atoms with Crippen LogP contribution in [0, 0.1) is 5.82 Å². The molecule has 0 aliphatic carbocycles. The van der Waals surface area contributed by atoms with Gasteiger partial charge in [0.1, 0.15) is 5.82 Å². The minimum Gasteiger partial charge on any atom is -0.478 e. The Morgan fingerprint density at radius 1 is 0.970 bits per heavy atom. The highest BCUT2D eigenvalue weighted by Gasteiger charge is 2.12. The second-order valence-electron chi connectivity index (χ2n) is 7.17. The molecule has 0 aliphatic heterocycles. The number of halogens is 1. The number of urea groups is 1. The van der Waals surface area contributed by atoms with Gasteiger partial charge in [0.15, 0.2) is 0 Å². The van der Waals surface area contributed by atoms with E-state index >= 15 is 0 Å². The largest absolute Gasteiger partial charge is 0.478 e. The zero-order valence-corrected chi connectivity index (χ0v) is 18.2. The summed E-state index contributed by atoms with van der Waals surface area (Å²) in [6, 6.07) is 20.6. The van der Waals surface area contributed by atoms with Crippen molar-refractivity contribution in [3.63, 3.8) is 0 Å². The Balaban J connectivity index is 0.000000196. The molecule has 170 valence electrons. The lowest BCUT2D eigenvalue weighted by molar-refractivity contribution is 0.0699. The lowest BCUT2D eigenvalue weighted by Crippen LogP contribution is -2.35. The van der Waals surface area contributed by atoms with Crippen molar-refractivity contribution in [2.75, 3.05) is 6.54 Å². The van der Waals surface area contributed by atoms with Crippen LogP contribution in [0.25, 0.3) is 16.6 Å². The van der Waals surface area contributed by atoms with Gasteiger partial charge in [0.2, 0.25) is 0 Å². The van der Waals surface area contributed by atoms with E-state index in [1.54, 1.807) is 28.9 Å². The summed E-state index contributed by atoms with van der Waals surface area (Å²) in [5.74, 6) is -1.32. The third kappa shape index (κ3) is 6.39. The molecule has 33 heavy (non-hydrogen) atoms. The van der Waals surface area contributed by atoms with Gasteiger partial charge in [-0.25, -0.2) is 18.7 Å². The van der Waals surface area contributed by atoms with Crippen molar-refractivity contribution in [1.82, 2.24) is 20.4 Å². The van der Waals surface area contributed by atoms with Crippen LogP contribution in [0.15, 0.2) is 79.0 Å². The van der Waals surface area contributed by atoms with E-state index in [4.69, 9.17) is 5.11 Å². The first-order valence-corrected chi connectivity index (χ1v) is 10.5. The third-order valence-corrected chi connectivity index (χ3v) is 4.75. The molecular formula is C25H25FN4O3. The Morgan fingerprint density at radius 3 is 2.36 bits per heavy atom. The van der Waals surface area contributed by atoms with Gasteiger partial charge in [0, 0.05) is 18.5 Å². The summed E-state index contributed by atoms with van der Waals surface area (Å²) in [5.41, 5.74) is 2.66. The van der Waals surface area contributed by atoms with E-state index in [-0.39, 0.29) is 17.4 Å². The fourth-order valence-corrected chi connectivity index (χ4v) is 3.10. The minimum atomic E-state index is -0.996. The van der Waals surface area contributed by atoms with Gasteiger partial charge < -0.3 is 15.7 Å². The molecule has 1 heterocycles. The zero-order chi connectivity index (χ0) is 23.6. The van der Waals surface area contributed by atoms with Crippen molar-refractivity contribution in [3.05, 3.63) is 95.9 Å². The molecule has 0 aliphatic rings. The number of rotatable bonds is 6. The summed E-state index contributed by atoms with van der Waals surface area (Å²) in [7, 11) is 0. The molecule has 0 atom stereocenters. The summed E-state index contributed by atoms with van der Waals surface area (Å²) in [4.78, 5) is 22.3. The molecule has 1 aromatic heterocycles. The second-order valence-corrected chi connectivity index (χ2v) is 7.17. The number of benzene rings is 3. The van der Waals surface area contributed by atoms with Gasteiger partial charge in [-0.15, -0.1) is 0 Å². The van der Waals surface area contributed by atoms with Gasteiger partial charge in [-0.05, 0) is 48.4 Å². The average molecular weight is 448 g/mol. The number of nitrogens with one attached hydrogen (secondary N) is 2. The van der Waals surface area contributed by atoms with Gasteiger partial charge in [0.25, 0.3) is 0 Å². The van der Waals surface area contributed by atoms with E-state index < -0.39 is 5.97 Å². The van der Waals surface area contributed by atoms with E-state index in [0.29, 0.717) is 23.1 Å². The van der Waals surface area contributed by atoms with Crippen LogP contribution < -0.4 is 10.6 Å². The maximum Gasteiger partial charge on any atom is 0.336 e. The minimum absolute atomic E-state index is 0.101. The molecular weight excluding hydrogens is 423 g/mol. The number of aromatic carboxylic acids is 1. The van der Waals surface area contributed by atoms with Crippen LogP contribution in [-0.4, -0.2) is 33.4 Å². The van der Waals surface area contributed by atoms with Crippen LogP contribution in [0.1, 0.15) is 29.3 Å². The van der Waals surface area contributed by atoms with Crippen LogP contribution in [0.3, 0.4) is 0 Å². The van der Waals surface area contributed by atoms with Crippen LogP contribution in [-0.2, 0) is 6.54 Å². The number of nitrogens with zero attached hydrogens (tertiary/aromatic N) is 2. The lowest BCUT2D eigenvalue weighted by Gasteiger charge is -2.06. The molecule has 0 saturated carbocycles. The topological polar surface area (TPSA) is 96.2 Å². The molecule has 3 N–H and O–H groups in total. The molecule has 0 unspecified atom stereocenters. The van der Waals surface area contributed by atoms with E-state index in [9.17, 15) is 14.0 Å². The summed E-state index contributed by atoms with van der Waals surface area (Å²) in [6.07, 6.45) is 2.46. The fraction of sp³-hybridized carbons (Fsp3) is 0.160. The van der Waals surface area contributed by atoms with Crippen LogP contribution >= 0.6 is 0 Å². The average Bonchev–Trinajstić information content (AvgIpc) is 3.27. The normalized spacial score (nSPS) is 10.2. The number of carbonyl (C=O) groups excluding carboxylic acids is 1. The van der Waals surface area contributed by atoms with Gasteiger partial charge >= 0.3 is 12.0 Å². The number of carboxylic acid groups (broad SMARTS) is 1. The molecule has 8 heteroatoms. The van der Waals surface area contributed by atoms with Gasteiger partial charge in [-0.3, -0.25) is 0 Å². The van der Waals surface area contributed by atoms with Gasteiger partial charge in [-0.2, -0.15) is 5.10 Å². The Bertz CT molecular complexity index is 1210. The van der Waals surface area contributed by atoms with Crippen LogP contribution in [0.5, 0.6) is 0 Å². The number of amides is 2. The van der Waals surface area contributed by atoms with E-state index in [0.717, 1.165) is 18.5 Å². The summed E-state index contributed by atoms with van der Waals surface area (Å²) in [5, 5.41) is 19.4. The van der Waals surface area contributed by atoms with Crippen molar-refractivity contribution >= 4 is 22.9 Å². The molecule has 2 amide bonds. The quantitative estimate of drug-likeness (QED) is 0.396. The van der Waals surface area contributed by atoms with Crippen LogP contribution in [0.4, 0.5) is 9.18 Å². The first kappa shape index (κ1) is 23.5. The maximum atomic E-state index is 12.9. The maximum absolute atomic E-state index is 12.9. The van der Waals surface area contributed by atoms with Crippen LogP contribution in [0.2, 0.25) is 0 Å². The predicted molar refractivity (Wildman–Crippen MR) is 125 cm³/mol. The standard InChI is InChI=1S/C14H9FN2O2.C11H16N2O/c15-9-4-6-10(7-5-9)17-13-3-1-2-11(14(18)19)12(13)8-16-17;1-2-8-12-11(14)13-9-10-6-4-3-5-7-10/h1-8H,(H,18,19);3-7H,2,8-9H2,1H3,(H2,12,13,14). The SMILES string of the molecule is CCCNC(=O)NCc1ccccc1.O=C(O)c1cccc2c1cnn2-c1ccc(F)cc1. The van der Waals surface area contributed by atoms with Crippen molar-refractivity contribution in [3.8, 4) is 5.69 Å². The number of hydrogen-bond acceptors (Lipinski definition) is 3.